The van der Waals surface area contributed by atoms with Gasteiger partial charge in [-0.15, -0.1) is 0 Å². The summed E-state index contributed by atoms with van der Waals surface area (Å²) in [5.41, 5.74) is -0.216. The maximum atomic E-state index is 13.3. The highest BCUT2D eigenvalue weighted by atomic mass is 19.1. The minimum absolute atomic E-state index is 0.106. The molecule has 6 heteroatoms. The molecule has 4 nitrogen and oxygen atoms in total. The van der Waals surface area contributed by atoms with E-state index in [1.54, 1.807) is 12.1 Å². The number of para-hydroxylation sites is 1. The number of carbonyl (C=O) groups is 1. The number of rotatable bonds is 6. The topological polar surface area (TPSA) is 54.3 Å². The van der Waals surface area contributed by atoms with Crippen molar-refractivity contribution in [3.05, 3.63) is 54.0 Å². The van der Waals surface area contributed by atoms with E-state index in [0.29, 0.717) is 12.3 Å². The average molecular weight is 280 g/mol. The molecule has 2 rings (SSSR count). The number of halogens is 2. The number of hydrogen-bond acceptors (Lipinski definition) is 3. The van der Waals surface area contributed by atoms with Gasteiger partial charge in [-0.3, -0.25) is 4.79 Å². The highest BCUT2D eigenvalue weighted by Crippen LogP contribution is 2.17. The third-order valence-electron chi connectivity index (χ3n) is 2.66. The highest BCUT2D eigenvalue weighted by Gasteiger charge is 2.08. The zero-order valence-corrected chi connectivity index (χ0v) is 10.7. The van der Waals surface area contributed by atoms with Gasteiger partial charge in [-0.25, -0.2) is 8.78 Å². The molecular formula is C14H14F2N2O2. The molecule has 0 saturated heterocycles. The number of nitrogens with one attached hydrogen (secondary N) is 2. The normalized spacial score (nSPS) is 10.3. The molecule has 2 aromatic rings. The molecule has 20 heavy (non-hydrogen) atoms. The van der Waals surface area contributed by atoms with Gasteiger partial charge in [0.1, 0.15) is 23.1 Å². The van der Waals surface area contributed by atoms with Crippen LogP contribution >= 0.6 is 0 Å². The van der Waals surface area contributed by atoms with Crippen molar-refractivity contribution in [3.8, 4) is 0 Å². The maximum absolute atomic E-state index is 13.3. The Morgan fingerprint density at radius 3 is 2.55 bits per heavy atom. The third-order valence-corrected chi connectivity index (χ3v) is 2.66. The van der Waals surface area contributed by atoms with E-state index in [1.807, 2.05) is 0 Å². The Bertz CT molecular complexity index is 550. The summed E-state index contributed by atoms with van der Waals surface area (Å²) in [5.74, 6) is -0.945. The van der Waals surface area contributed by atoms with Crippen molar-refractivity contribution in [2.24, 2.45) is 0 Å². The minimum Gasteiger partial charge on any atom is -0.467 e. The van der Waals surface area contributed by atoms with Gasteiger partial charge in [0.2, 0.25) is 5.91 Å². The van der Waals surface area contributed by atoms with Crippen molar-refractivity contribution >= 4 is 11.6 Å². The molecule has 0 bridgehead atoms. The fourth-order valence-corrected chi connectivity index (χ4v) is 1.65. The van der Waals surface area contributed by atoms with Crippen LogP contribution < -0.4 is 10.6 Å². The van der Waals surface area contributed by atoms with Crippen molar-refractivity contribution in [2.45, 2.75) is 13.0 Å². The quantitative estimate of drug-likeness (QED) is 0.855. The highest BCUT2D eigenvalue weighted by molar-refractivity contribution is 5.76. The van der Waals surface area contributed by atoms with E-state index in [4.69, 9.17) is 4.42 Å². The molecule has 106 valence electrons. The summed E-state index contributed by atoms with van der Waals surface area (Å²) in [6.07, 6.45) is 1.62. The van der Waals surface area contributed by atoms with Gasteiger partial charge in [0.25, 0.3) is 0 Å². The molecule has 0 aliphatic carbocycles. The summed E-state index contributed by atoms with van der Waals surface area (Å²) >= 11 is 0. The maximum Gasteiger partial charge on any atom is 0.222 e. The monoisotopic (exact) mass is 280 g/mol. The van der Waals surface area contributed by atoms with Gasteiger partial charge in [0.05, 0.1) is 12.8 Å². The van der Waals surface area contributed by atoms with Crippen molar-refractivity contribution in [1.29, 1.82) is 0 Å². The van der Waals surface area contributed by atoms with Gasteiger partial charge in [-0.2, -0.15) is 0 Å². The molecule has 0 saturated carbocycles. The Kier molecular flexibility index (Phi) is 4.70. The second kappa shape index (κ2) is 6.70. The number of amides is 1. The van der Waals surface area contributed by atoms with Crippen molar-refractivity contribution in [3.63, 3.8) is 0 Å². The van der Waals surface area contributed by atoms with Gasteiger partial charge in [0, 0.05) is 13.0 Å². The van der Waals surface area contributed by atoms with Gasteiger partial charge >= 0.3 is 0 Å². The molecule has 1 amide bonds. The van der Waals surface area contributed by atoms with E-state index < -0.39 is 11.6 Å². The van der Waals surface area contributed by atoms with E-state index in [2.05, 4.69) is 10.6 Å². The van der Waals surface area contributed by atoms with Crippen molar-refractivity contribution in [2.75, 3.05) is 11.9 Å². The predicted molar refractivity (Wildman–Crippen MR) is 70.0 cm³/mol. The van der Waals surface area contributed by atoms with Crippen LogP contribution in [0.1, 0.15) is 12.2 Å². The van der Waals surface area contributed by atoms with Crippen LogP contribution in [-0.4, -0.2) is 12.5 Å². The van der Waals surface area contributed by atoms with Crippen LogP contribution in [0.2, 0.25) is 0 Å². The molecule has 0 atom stereocenters. The molecule has 0 fully saturated rings. The number of carbonyl (C=O) groups excluding carboxylic acids is 1. The number of hydrogen-bond donors (Lipinski definition) is 2. The smallest absolute Gasteiger partial charge is 0.222 e. The van der Waals surface area contributed by atoms with Crippen LogP contribution in [-0.2, 0) is 11.3 Å². The van der Waals surface area contributed by atoms with Crippen molar-refractivity contribution in [1.82, 2.24) is 5.32 Å². The molecule has 0 aliphatic heterocycles. The molecule has 0 spiro atoms. The van der Waals surface area contributed by atoms with Crippen LogP contribution in [0.4, 0.5) is 14.5 Å². The molecule has 0 aliphatic rings. The van der Waals surface area contributed by atoms with Crippen LogP contribution in [0, 0.1) is 11.6 Å². The molecule has 1 heterocycles. The fourth-order valence-electron chi connectivity index (χ4n) is 1.65. The lowest BCUT2D eigenvalue weighted by Crippen LogP contribution is -2.24. The molecule has 0 radical (unpaired) electrons. The SMILES string of the molecule is O=C(CCNc1c(F)cccc1F)NCc1ccco1. The predicted octanol–water partition coefficient (Wildman–Crippen LogP) is 2.68. The minimum atomic E-state index is -0.680. The van der Waals surface area contributed by atoms with Gasteiger partial charge in [0.15, 0.2) is 0 Å². The summed E-state index contributed by atoms with van der Waals surface area (Å²) in [7, 11) is 0. The first-order chi connectivity index (χ1) is 9.66. The lowest BCUT2D eigenvalue weighted by Gasteiger charge is -2.08. The first-order valence-corrected chi connectivity index (χ1v) is 6.14. The molecule has 0 unspecified atom stereocenters. The van der Waals surface area contributed by atoms with Crippen LogP contribution in [0.15, 0.2) is 41.0 Å². The third kappa shape index (κ3) is 3.81. The second-order valence-electron chi connectivity index (χ2n) is 4.13. The summed E-state index contributed by atoms with van der Waals surface area (Å²) in [6, 6.07) is 7.06. The summed E-state index contributed by atoms with van der Waals surface area (Å²) < 4.78 is 31.6. The standard InChI is InChI=1S/C14H14F2N2O2/c15-11-4-1-5-12(16)14(11)17-7-6-13(19)18-9-10-3-2-8-20-10/h1-5,8,17H,6-7,9H2,(H,18,19). The van der Waals surface area contributed by atoms with E-state index in [-0.39, 0.29) is 24.6 Å². The zero-order chi connectivity index (χ0) is 14.4. The van der Waals surface area contributed by atoms with E-state index in [9.17, 15) is 13.6 Å². The number of furan rings is 1. The van der Waals surface area contributed by atoms with Crippen LogP contribution in [0.25, 0.3) is 0 Å². The molecule has 2 N–H and O–H groups in total. The van der Waals surface area contributed by atoms with Crippen LogP contribution in [0.5, 0.6) is 0 Å². The number of benzene rings is 1. The second-order valence-corrected chi connectivity index (χ2v) is 4.13. The average Bonchev–Trinajstić information content (AvgIpc) is 2.93. The Hall–Kier alpha value is -2.37. The first-order valence-electron chi connectivity index (χ1n) is 6.14. The van der Waals surface area contributed by atoms with E-state index >= 15 is 0 Å². The Morgan fingerprint density at radius 2 is 1.90 bits per heavy atom. The molecule has 1 aromatic carbocycles. The summed E-state index contributed by atoms with van der Waals surface area (Å²) in [5, 5.41) is 5.21. The summed E-state index contributed by atoms with van der Waals surface area (Å²) in [4.78, 5) is 11.5. The Morgan fingerprint density at radius 1 is 1.15 bits per heavy atom. The van der Waals surface area contributed by atoms with E-state index in [1.165, 1.54) is 12.3 Å². The van der Waals surface area contributed by atoms with E-state index in [0.717, 1.165) is 12.1 Å². The largest absolute Gasteiger partial charge is 0.467 e. The Balaban J connectivity index is 1.74. The fraction of sp³-hybridized carbons (Fsp3) is 0.214. The zero-order valence-electron chi connectivity index (χ0n) is 10.7. The van der Waals surface area contributed by atoms with Gasteiger partial charge < -0.3 is 15.1 Å². The lowest BCUT2D eigenvalue weighted by molar-refractivity contribution is -0.121. The van der Waals surface area contributed by atoms with Crippen LogP contribution in [0.3, 0.4) is 0 Å². The summed E-state index contributed by atoms with van der Waals surface area (Å²) in [6.45, 7) is 0.432. The number of anilines is 1. The van der Waals surface area contributed by atoms with Gasteiger partial charge in [-0.05, 0) is 24.3 Å². The van der Waals surface area contributed by atoms with Crippen molar-refractivity contribution < 1.29 is 18.0 Å². The Labute approximate surface area is 114 Å². The van der Waals surface area contributed by atoms with Gasteiger partial charge in [-0.1, -0.05) is 6.07 Å². The molecule has 1 aromatic heterocycles. The first kappa shape index (κ1) is 14.0. The lowest BCUT2D eigenvalue weighted by atomic mass is 10.2. The molecular weight excluding hydrogens is 266 g/mol.